The third-order valence-corrected chi connectivity index (χ3v) is 20.1. The minimum absolute atomic E-state index is 1.29. The number of halogens is 2. The number of allylic oxidation sites excluding steroid dienone is 4. The molecule has 0 nitrogen and oxygen atoms in total. The van der Waals surface area contributed by atoms with Gasteiger partial charge in [-0.25, -0.2) is 0 Å². The average Bonchev–Trinajstić information content (AvgIpc) is 2.76. The Morgan fingerprint density at radius 3 is 1.06 bits per heavy atom. The van der Waals surface area contributed by atoms with Crippen LogP contribution in [-0.4, -0.2) is 16.1 Å². The first kappa shape index (κ1) is 27.2. The molecule has 0 unspecified atom stereocenters. The van der Waals surface area contributed by atoms with Gasteiger partial charge in [0.25, 0.3) is 0 Å². The van der Waals surface area contributed by atoms with Crippen molar-refractivity contribution in [1.29, 1.82) is 0 Å². The van der Waals surface area contributed by atoms with Crippen molar-refractivity contribution in [2.75, 3.05) is 0 Å². The molecule has 0 spiro atoms. The number of rotatable bonds is 0. The Kier molecular flexibility index (Phi) is 11.6. The molecule has 4 heteroatoms. The lowest BCUT2D eigenvalue weighted by Gasteiger charge is -2.34. The Bertz CT molecular complexity index is 690. The minimum Gasteiger partial charge on any atom is -0.0885 e. The van der Waals surface area contributed by atoms with Crippen LogP contribution in [0.1, 0.15) is 77.0 Å². The summed E-state index contributed by atoms with van der Waals surface area (Å²) in [5.41, 5.74) is 0. The van der Waals surface area contributed by atoms with Crippen molar-refractivity contribution in [3.63, 3.8) is 0 Å². The van der Waals surface area contributed by atoms with Gasteiger partial charge < -0.3 is 0 Å². The summed E-state index contributed by atoms with van der Waals surface area (Å²) in [6, 6.07) is 11.3. The molecule has 0 fully saturated rings. The second kappa shape index (κ2) is 13.6. The third-order valence-electron chi connectivity index (χ3n) is 8.09. The molecule has 4 heterocycles. The predicted molar refractivity (Wildman–Crippen MR) is 167 cm³/mol. The van der Waals surface area contributed by atoms with E-state index in [0.29, 0.717) is 0 Å². The third kappa shape index (κ3) is 7.80. The highest BCUT2D eigenvalue weighted by Gasteiger charge is 2.35. The number of benzene rings is 1. The molecule has 4 aliphatic heterocycles. The van der Waals surface area contributed by atoms with Crippen LogP contribution in [0.4, 0.5) is 0 Å². The molecule has 32 heavy (non-hydrogen) atoms. The first-order valence-electron chi connectivity index (χ1n) is 13.2. The lowest BCUT2D eigenvalue weighted by Crippen LogP contribution is -2.51. The summed E-state index contributed by atoms with van der Waals surface area (Å²) >= 11 is 5.47. The van der Waals surface area contributed by atoms with Gasteiger partial charge in [0.2, 0.25) is 0 Å². The quantitative estimate of drug-likeness (QED) is 0.145. The molecular weight excluding hydrogens is 646 g/mol. The number of hydrogen-bond donors (Lipinski definition) is 0. The van der Waals surface area contributed by atoms with E-state index < -0.39 is 16.1 Å². The van der Waals surface area contributed by atoms with Crippen molar-refractivity contribution in [1.82, 2.24) is 0 Å². The van der Waals surface area contributed by atoms with Crippen LogP contribution in [0.5, 0.6) is 0 Å². The predicted octanol–water partition coefficient (Wildman–Crippen LogP) is 9.29. The van der Waals surface area contributed by atoms with E-state index in [1.807, 2.05) is 0 Å². The molecule has 0 atom stereocenters. The fourth-order valence-corrected chi connectivity index (χ4v) is 19.3. The fraction of sp³-hybridized carbons (Fsp3) is 0.643. The van der Waals surface area contributed by atoms with E-state index in [2.05, 4.69) is 94.7 Å². The average molecular weight is 691 g/mol. The van der Waals surface area contributed by atoms with Gasteiger partial charge in [-0.2, -0.15) is 0 Å². The highest BCUT2D eigenvalue weighted by molar-refractivity contribution is 14.1. The largest absolute Gasteiger partial charge is 0.0885 e. The molecular formula is C28H44I2Si2. The molecule has 0 radical (unpaired) electrons. The van der Waals surface area contributed by atoms with Crippen LogP contribution < -0.4 is 10.4 Å². The maximum Gasteiger partial charge on any atom is 0.0851 e. The lowest BCUT2D eigenvalue weighted by atomic mass is 10.2. The summed E-state index contributed by atoms with van der Waals surface area (Å²) in [6.07, 6.45) is 26.2. The number of hydrogen-bond acceptors (Lipinski definition) is 0. The normalized spacial score (nSPS) is 31.1. The molecule has 0 N–H and O–H groups in total. The Morgan fingerprint density at radius 1 is 0.500 bits per heavy atom. The van der Waals surface area contributed by atoms with Gasteiger partial charge in [-0.05, 0) is 93.4 Å². The van der Waals surface area contributed by atoms with E-state index >= 15 is 0 Å². The zero-order chi connectivity index (χ0) is 22.9. The van der Waals surface area contributed by atoms with Crippen LogP contribution in [0.3, 0.4) is 0 Å². The van der Waals surface area contributed by atoms with E-state index in [9.17, 15) is 0 Å². The highest BCUT2D eigenvalue weighted by atomic mass is 127. The van der Waals surface area contributed by atoms with E-state index in [1.54, 1.807) is 17.5 Å². The van der Waals surface area contributed by atoms with Gasteiger partial charge in [0.05, 0.1) is 16.1 Å². The van der Waals surface area contributed by atoms with E-state index in [1.165, 1.54) is 101 Å². The van der Waals surface area contributed by atoms with Crippen molar-refractivity contribution < 1.29 is 0 Å². The Morgan fingerprint density at radius 2 is 0.781 bits per heavy atom. The Labute approximate surface area is 227 Å². The van der Waals surface area contributed by atoms with Gasteiger partial charge in [-0.3, -0.25) is 0 Å². The Balaban J connectivity index is 2.03. The number of fused-ring (bicyclic) bond motifs is 16. The molecule has 4 bridgehead atoms. The van der Waals surface area contributed by atoms with E-state index in [-0.39, 0.29) is 0 Å². The van der Waals surface area contributed by atoms with Crippen molar-refractivity contribution in [2.45, 2.75) is 114 Å². The van der Waals surface area contributed by atoms with Gasteiger partial charge in [0.15, 0.2) is 0 Å². The first-order valence-corrected chi connectivity index (χ1v) is 21.2. The van der Waals surface area contributed by atoms with Gasteiger partial charge >= 0.3 is 0 Å². The van der Waals surface area contributed by atoms with Crippen molar-refractivity contribution >= 4 is 71.7 Å². The van der Waals surface area contributed by atoms with Crippen molar-refractivity contribution in [3.05, 3.63) is 43.6 Å². The van der Waals surface area contributed by atoms with Gasteiger partial charge in [-0.1, -0.05) is 113 Å². The van der Waals surface area contributed by atoms with Crippen LogP contribution in [0.2, 0.25) is 37.3 Å². The monoisotopic (exact) mass is 690 g/mol. The standard InChI is InChI=1S/C28H44I2Si2/c1-31-19-15-11-7-3-5-9-13-17-21-32(2,28-24-25(29)27(31)23-26(28)30)22-18-14-10-6-4-8-12-16-20-31/h3-6,23-24H,7-22H2,1-2H3/b5-3-,6-4-. The SMILES string of the molecule is C[Si]12CCCC/C=C\CCCC[Si](C)(CCCC/C=C\CCCC1)c1cc(I)c2cc1I. The van der Waals surface area contributed by atoms with Gasteiger partial charge in [0.1, 0.15) is 0 Å². The highest BCUT2D eigenvalue weighted by Crippen LogP contribution is 2.29. The van der Waals surface area contributed by atoms with Crippen LogP contribution >= 0.6 is 45.2 Å². The Hall–Kier alpha value is 0.594. The fourth-order valence-electron chi connectivity index (χ4n) is 5.84. The molecule has 0 aliphatic carbocycles. The molecule has 0 amide bonds. The molecule has 1 aromatic rings. The van der Waals surface area contributed by atoms with Gasteiger partial charge in [0, 0.05) is 7.14 Å². The summed E-state index contributed by atoms with van der Waals surface area (Å²) in [5, 5.41) is 3.57. The molecule has 4 aliphatic rings. The van der Waals surface area contributed by atoms with E-state index in [0.717, 1.165) is 0 Å². The molecule has 5 rings (SSSR count). The smallest absolute Gasteiger partial charge is 0.0851 e. The molecule has 0 aromatic heterocycles. The van der Waals surface area contributed by atoms with Gasteiger partial charge in [-0.15, -0.1) is 0 Å². The summed E-state index contributed by atoms with van der Waals surface area (Å²) in [4.78, 5) is 0. The molecule has 0 saturated carbocycles. The topological polar surface area (TPSA) is 0 Å². The summed E-state index contributed by atoms with van der Waals surface area (Å²) < 4.78 is 3.23. The second-order valence-electron chi connectivity index (χ2n) is 10.9. The van der Waals surface area contributed by atoms with Crippen LogP contribution in [0.25, 0.3) is 0 Å². The van der Waals surface area contributed by atoms with E-state index in [4.69, 9.17) is 0 Å². The van der Waals surface area contributed by atoms with Crippen LogP contribution in [0.15, 0.2) is 36.4 Å². The summed E-state index contributed by atoms with van der Waals surface area (Å²) in [5.74, 6) is 0. The van der Waals surface area contributed by atoms with Crippen LogP contribution in [-0.2, 0) is 0 Å². The van der Waals surface area contributed by atoms with Crippen LogP contribution in [0, 0.1) is 7.14 Å². The minimum atomic E-state index is -1.46. The second-order valence-corrected chi connectivity index (χ2v) is 22.5. The molecule has 178 valence electrons. The zero-order valence-corrected chi connectivity index (χ0v) is 26.8. The summed E-state index contributed by atoms with van der Waals surface area (Å²) in [6.45, 7) is 5.43. The first-order chi connectivity index (χ1) is 15.4. The zero-order valence-electron chi connectivity index (χ0n) is 20.5. The maximum absolute atomic E-state index is 2.73. The van der Waals surface area contributed by atoms with Crippen molar-refractivity contribution in [3.8, 4) is 0 Å². The summed E-state index contributed by atoms with van der Waals surface area (Å²) in [7, 11) is -2.92. The lowest BCUT2D eigenvalue weighted by molar-refractivity contribution is 0.759. The van der Waals surface area contributed by atoms with Crippen molar-refractivity contribution in [2.24, 2.45) is 0 Å². The maximum atomic E-state index is 2.73. The molecule has 1 aromatic carbocycles. The molecule has 0 saturated heterocycles.